The molecule has 3 fully saturated rings. The van der Waals surface area contributed by atoms with Crippen molar-refractivity contribution in [2.24, 2.45) is 11.1 Å². The van der Waals surface area contributed by atoms with Crippen molar-refractivity contribution in [2.75, 3.05) is 20.2 Å². The first-order chi connectivity index (χ1) is 10.6. The number of rotatable bonds is 5. The Morgan fingerprint density at radius 3 is 2.68 bits per heavy atom. The first-order valence-electron chi connectivity index (χ1n) is 8.86. The first kappa shape index (κ1) is 16.2. The van der Waals surface area contributed by atoms with E-state index in [0.717, 1.165) is 25.9 Å². The van der Waals surface area contributed by atoms with Gasteiger partial charge >= 0.3 is 0 Å². The molecule has 0 bridgehead atoms. The van der Waals surface area contributed by atoms with Gasteiger partial charge in [0.2, 0.25) is 0 Å². The van der Waals surface area contributed by atoms with Crippen LogP contribution in [0, 0.1) is 5.41 Å². The van der Waals surface area contributed by atoms with Crippen molar-refractivity contribution < 1.29 is 14.3 Å². The van der Waals surface area contributed by atoms with E-state index in [1.807, 2.05) is 11.9 Å². The molecule has 0 aromatic heterocycles. The van der Waals surface area contributed by atoms with Crippen LogP contribution in [0.4, 0.5) is 0 Å². The van der Waals surface area contributed by atoms with Gasteiger partial charge in [0.15, 0.2) is 0 Å². The van der Waals surface area contributed by atoms with Gasteiger partial charge in [-0.3, -0.25) is 4.79 Å². The summed E-state index contributed by atoms with van der Waals surface area (Å²) in [5, 5.41) is 0. The zero-order valence-corrected chi connectivity index (χ0v) is 13.9. The van der Waals surface area contributed by atoms with Crippen molar-refractivity contribution in [1.29, 1.82) is 0 Å². The van der Waals surface area contributed by atoms with Crippen LogP contribution in [0.25, 0.3) is 0 Å². The van der Waals surface area contributed by atoms with E-state index >= 15 is 0 Å². The van der Waals surface area contributed by atoms with Crippen LogP contribution < -0.4 is 5.73 Å². The average Bonchev–Trinajstić information content (AvgIpc) is 3.19. The van der Waals surface area contributed by atoms with Gasteiger partial charge in [-0.25, -0.2) is 0 Å². The van der Waals surface area contributed by atoms with Crippen molar-refractivity contribution >= 4 is 5.91 Å². The van der Waals surface area contributed by atoms with Crippen LogP contribution in [0.5, 0.6) is 0 Å². The summed E-state index contributed by atoms with van der Waals surface area (Å²) in [5.74, 6) is 0.141. The van der Waals surface area contributed by atoms with Crippen molar-refractivity contribution in [3.05, 3.63) is 0 Å². The molecule has 2 aliphatic carbocycles. The fourth-order valence-electron chi connectivity index (χ4n) is 4.84. The zero-order valence-electron chi connectivity index (χ0n) is 13.9. The molecule has 2 N–H and O–H groups in total. The van der Waals surface area contributed by atoms with Gasteiger partial charge in [-0.2, -0.15) is 0 Å². The van der Waals surface area contributed by atoms with E-state index in [4.69, 9.17) is 15.2 Å². The van der Waals surface area contributed by atoms with Crippen molar-refractivity contribution in [1.82, 2.24) is 4.90 Å². The first-order valence-corrected chi connectivity index (χ1v) is 8.86. The summed E-state index contributed by atoms with van der Waals surface area (Å²) < 4.78 is 11.7. The van der Waals surface area contributed by atoms with Gasteiger partial charge in [-0.05, 0) is 39.0 Å². The molecule has 1 saturated heterocycles. The molecule has 1 heterocycles. The van der Waals surface area contributed by atoms with Gasteiger partial charge in [0, 0.05) is 31.7 Å². The van der Waals surface area contributed by atoms with Gasteiger partial charge in [0.05, 0.1) is 12.2 Å². The number of carbonyl (C=O) groups excluding carboxylic acids is 1. The number of ether oxygens (including phenoxy) is 2. The van der Waals surface area contributed by atoms with Crippen LogP contribution in [-0.4, -0.2) is 55.4 Å². The molecule has 5 nitrogen and oxygen atoms in total. The second-order valence-electron chi connectivity index (χ2n) is 7.14. The SMILES string of the molecule is CCOC1CC(N(C)C(=O)[C@@H]2CC[C@H](CN)O2)C12CCCC2. The molecule has 3 aliphatic rings. The molecule has 22 heavy (non-hydrogen) atoms. The molecule has 1 spiro atoms. The second-order valence-corrected chi connectivity index (χ2v) is 7.14. The van der Waals surface area contributed by atoms with Crippen LogP contribution in [0.3, 0.4) is 0 Å². The second kappa shape index (κ2) is 6.46. The summed E-state index contributed by atoms with van der Waals surface area (Å²) >= 11 is 0. The van der Waals surface area contributed by atoms with Crippen LogP contribution in [0.1, 0.15) is 51.9 Å². The minimum Gasteiger partial charge on any atom is -0.378 e. The molecule has 2 unspecified atom stereocenters. The minimum atomic E-state index is -0.289. The molecule has 0 radical (unpaired) electrons. The maximum atomic E-state index is 12.8. The molecular weight excluding hydrogens is 280 g/mol. The lowest BCUT2D eigenvalue weighted by molar-refractivity contribution is -0.178. The van der Waals surface area contributed by atoms with E-state index in [1.165, 1.54) is 25.7 Å². The maximum Gasteiger partial charge on any atom is 0.251 e. The minimum absolute atomic E-state index is 0.0559. The third kappa shape index (κ3) is 2.57. The summed E-state index contributed by atoms with van der Waals surface area (Å²) in [6.07, 6.45) is 7.69. The molecule has 0 aromatic carbocycles. The normalized spacial score (nSPS) is 36.5. The third-order valence-electron chi connectivity index (χ3n) is 6.11. The molecule has 2 saturated carbocycles. The molecule has 126 valence electrons. The number of nitrogens with two attached hydrogens (primary N) is 1. The Balaban J connectivity index is 1.64. The Morgan fingerprint density at radius 1 is 1.36 bits per heavy atom. The number of amides is 1. The zero-order chi connectivity index (χ0) is 15.7. The van der Waals surface area contributed by atoms with Gasteiger partial charge in [0.25, 0.3) is 5.91 Å². The predicted octanol–water partition coefficient (Wildman–Crippen LogP) is 1.69. The molecule has 4 atom stereocenters. The highest BCUT2D eigenvalue weighted by atomic mass is 16.5. The lowest BCUT2D eigenvalue weighted by Crippen LogP contribution is -2.64. The van der Waals surface area contributed by atoms with Gasteiger partial charge in [-0.1, -0.05) is 12.8 Å². The van der Waals surface area contributed by atoms with Crippen LogP contribution in [0.15, 0.2) is 0 Å². The Labute approximate surface area is 133 Å². The highest BCUT2D eigenvalue weighted by molar-refractivity contribution is 5.81. The lowest BCUT2D eigenvalue weighted by Gasteiger charge is -2.57. The molecule has 1 aliphatic heterocycles. The molecule has 1 amide bonds. The highest BCUT2D eigenvalue weighted by Gasteiger charge is 2.59. The van der Waals surface area contributed by atoms with E-state index in [9.17, 15) is 4.79 Å². The summed E-state index contributed by atoms with van der Waals surface area (Å²) in [5.41, 5.74) is 5.85. The summed E-state index contributed by atoms with van der Waals surface area (Å²) in [4.78, 5) is 14.7. The standard InChI is InChI=1S/C17H30N2O3/c1-3-21-15-10-14(17(15)8-4-5-9-17)19(2)16(20)13-7-6-12(11-18)22-13/h12-15H,3-11,18H2,1-2H3/t12-,13+,14?,15?/m1/s1. The van der Waals surface area contributed by atoms with E-state index in [1.54, 1.807) is 0 Å². The van der Waals surface area contributed by atoms with E-state index in [0.29, 0.717) is 18.7 Å². The Kier molecular flexibility index (Phi) is 4.76. The van der Waals surface area contributed by atoms with Gasteiger partial charge in [-0.15, -0.1) is 0 Å². The topological polar surface area (TPSA) is 64.8 Å². The third-order valence-corrected chi connectivity index (χ3v) is 6.11. The van der Waals surface area contributed by atoms with Gasteiger partial charge in [0.1, 0.15) is 6.10 Å². The molecule has 0 aromatic rings. The van der Waals surface area contributed by atoms with E-state index < -0.39 is 0 Å². The largest absolute Gasteiger partial charge is 0.378 e. The van der Waals surface area contributed by atoms with Crippen molar-refractivity contribution in [3.8, 4) is 0 Å². The van der Waals surface area contributed by atoms with Crippen LogP contribution in [0.2, 0.25) is 0 Å². The summed E-state index contributed by atoms with van der Waals surface area (Å²) in [7, 11) is 1.95. The summed E-state index contributed by atoms with van der Waals surface area (Å²) in [6, 6.07) is 0.319. The fraction of sp³-hybridized carbons (Fsp3) is 0.941. The van der Waals surface area contributed by atoms with Gasteiger partial charge < -0.3 is 20.1 Å². The van der Waals surface area contributed by atoms with Crippen LogP contribution in [-0.2, 0) is 14.3 Å². The van der Waals surface area contributed by atoms with Crippen LogP contribution >= 0.6 is 0 Å². The maximum absolute atomic E-state index is 12.8. The fourth-order valence-corrected chi connectivity index (χ4v) is 4.84. The van der Waals surface area contributed by atoms with Crippen molar-refractivity contribution in [3.63, 3.8) is 0 Å². The number of carbonyl (C=O) groups is 1. The quantitative estimate of drug-likeness (QED) is 0.839. The number of likely N-dealkylation sites (N-methyl/N-ethyl adjacent to an activating group) is 1. The van der Waals surface area contributed by atoms with E-state index in [-0.39, 0.29) is 23.5 Å². The number of nitrogens with zero attached hydrogens (tertiary/aromatic N) is 1. The Bertz CT molecular complexity index is 409. The monoisotopic (exact) mass is 310 g/mol. The average molecular weight is 310 g/mol. The predicted molar refractivity (Wildman–Crippen MR) is 84.4 cm³/mol. The summed E-state index contributed by atoms with van der Waals surface area (Å²) in [6.45, 7) is 3.33. The van der Waals surface area contributed by atoms with Crippen molar-refractivity contribution in [2.45, 2.75) is 76.2 Å². The van der Waals surface area contributed by atoms with E-state index in [2.05, 4.69) is 6.92 Å². The number of hydrogen-bond donors (Lipinski definition) is 1. The number of hydrogen-bond acceptors (Lipinski definition) is 4. The Morgan fingerprint density at radius 2 is 2.09 bits per heavy atom. The molecule has 3 rings (SSSR count). The smallest absolute Gasteiger partial charge is 0.251 e. The molecule has 5 heteroatoms. The highest BCUT2D eigenvalue weighted by Crippen LogP contribution is 2.56. The lowest BCUT2D eigenvalue weighted by atomic mass is 9.60. The molecular formula is C17H30N2O3. The Hall–Kier alpha value is -0.650.